The van der Waals surface area contributed by atoms with Crippen LogP contribution in [0.1, 0.15) is 27.0 Å². The SMILES string of the molecule is Cc1ccc(NC(=O)CSc2nnc3ccc(C(=O)NCc4ccccc4)cn23)c(C)c1. The average molecular weight is 446 g/mol. The van der Waals surface area contributed by atoms with Crippen LogP contribution in [-0.4, -0.2) is 32.2 Å². The Morgan fingerprint density at radius 1 is 1.00 bits per heavy atom. The summed E-state index contributed by atoms with van der Waals surface area (Å²) < 4.78 is 1.73. The van der Waals surface area contributed by atoms with Gasteiger partial charge in [0.2, 0.25) is 5.91 Å². The van der Waals surface area contributed by atoms with Crippen molar-refractivity contribution in [2.75, 3.05) is 11.1 Å². The number of fused-ring (bicyclic) bond motifs is 1. The standard InChI is InChI=1S/C24H23N5O2S/c1-16-8-10-20(17(2)12-16)26-22(30)15-32-24-28-27-21-11-9-19(14-29(21)24)23(31)25-13-18-6-4-3-5-7-18/h3-12,14H,13,15H2,1-2H3,(H,25,31)(H,26,30). The monoisotopic (exact) mass is 445 g/mol. The van der Waals surface area contributed by atoms with Gasteiger partial charge in [-0.15, -0.1) is 10.2 Å². The second-order valence-corrected chi connectivity index (χ2v) is 8.39. The molecule has 0 saturated carbocycles. The van der Waals surface area contributed by atoms with Crippen molar-refractivity contribution < 1.29 is 9.59 Å². The van der Waals surface area contributed by atoms with Gasteiger partial charge in [0.15, 0.2) is 10.8 Å². The molecule has 4 rings (SSSR count). The number of aryl methyl sites for hydroxylation is 2. The Morgan fingerprint density at radius 2 is 1.81 bits per heavy atom. The molecule has 32 heavy (non-hydrogen) atoms. The highest BCUT2D eigenvalue weighted by atomic mass is 32.2. The van der Waals surface area contributed by atoms with E-state index in [9.17, 15) is 9.59 Å². The van der Waals surface area contributed by atoms with Gasteiger partial charge in [-0.05, 0) is 43.2 Å². The van der Waals surface area contributed by atoms with Gasteiger partial charge in [-0.2, -0.15) is 0 Å². The fourth-order valence-corrected chi connectivity index (χ4v) is 3.97. The molecule has 7 nitrogen and oxygen atoms in total. The predicted molar refractivity (Wildman–Crippen MR) is 126 cm³/mol. The van der Waals surface area contributed by atoms with Gasteiger partial charge in [0.05, 0.1) is 11.3 Å². The second kappa shape index (κ2) is 9.65. The van der Waals surface area contributed by atoms with E-state index in [1.165, 1.54) is 11.8 Å². The first-order valence-corrected chi connectivity index (χ1v) is 11.1. The lowest BCUT2D eigenvalue weighted by Gasteiger charge is -2.09. The van der Waals surface area contributed by atoms with E-state index >= 15 is 0 Å². The molecule has 0 atom stereocenters. The van der Waals surface area contributed by atoms with Crippen LogP contribution in [0.2, 0.25) is 0 Å². The zero-order valence-electron chi connectivity index (χ0n) is 17.8. The van der Waals surface area contributed by atoms with Crippen molar-refractivity contribution in [1.29, 1.82) is 0 Å². The molecule has 0 radical (unpaired) electrons. The van der Waals surface area contributed by atoms with Crippen molar-refractivity contribution in [3.8, 4) is 0 Å². The van der Waals surface area contributed by atoms with E-state index in [0.29, 0.717) is 22.9 Å². The summed E-state index contributed by atoms with van der Waals surface area (Å²) in [6.07, 6.45) is 1.69. The number of thioether (sulfide) groups is 1. The molecular formula is C24H23N5O2S. The topological polar surface area (TPSA) is 88.4 Å². The Morgan fingerprint density at radius 3 is 2.59 bits per heavy atom. The van der Waals surface area contributed by atoms with Crippen LogP contribution in [0.3, 0.4) is 0 Å². The molecule has 0 aliphatic rings. The molecule has 0 unspecified atom stereocenters. The number of carbonyl (C=O) groups is 2. The van der Waals surface area contributed by atoms with Crippen molar-refractivity contribution in [3.05, 3.63) is 89.1 Å². The third-order valence-electron chi connectivity index (χ3n) is 4.92. The van der Waals surface area contributed by atoms with Crippen molar-refractivity contribution >= 4 is 34.9 Å². The molecule has 4 aromatic rings. The van der Waals surface area contributed by atoms with Crippen LogP contribution >= 0.6 is 11.8 Å². The maximum absolute atomic E-state index is 12.6. The van der Waals surface area contributed by atoms with Gasteiger partial charge in [0, 0.05) is 18.4 Å². The number of hydrogen-bond donors (Lipinski definition) is 2. The van der Waals surface area contributed by atoms with E-state index in [1.807, 2.05) is 62.4 Å². The molecule has 2 heterocycles. The summed E-state index contributed by atoms with van der Waals surface area (Å²) in [6.45, 7) is 4.42. The van der Waals surface area contributed by atoms with Crippen LogP contribution in [0.15, 0.2) is 72.0 Å². The Bertz CT molecular complexity index is 1270. The summed E-state index contributed by atoms with van der Waals surface area (Å²) in [5.74, 6) is -0.137. The summed E-state index contributed by atoms with van der Waals surface area (Å²) in [7, 11) is 0. The van der Waals surface area contributed by atoms with E-state index in [4.69, 9.17) is 0 Å². The minimum absolute atomic E-state index is 0.129. The molecule has 0 saturated heterocycles. The van der Waals surface area contributed by atoms with Crippen LogP contribution in [0.25, 0.3) is 5.65 Å². The average Bonchev–Trinajstić information content (AvgIpc) is 3.21. The van der Waals surface area contributed by atoms with Gasteiger partial charge in [-0.1, -0.05) is 59.8 Å². The quantitative estimate of drug-likeness (QED) is 0.420. The number of anilines is 1. The maximum Gasteiger partial charge on any atom is 0.253 e. The summed E-state index contributed by atoms with van der Waals surface area (Å²) in [5.41, 5.74) is 5.09. The van der Waals surface area contributed by atoms with Gasteiger partial charge in [-0.3, -0.25) is 14.0 Å². The third kappa shape index (κ3) is 5.15. The molecule has 0 bridgehead atoms. The Hall–Kier alpha value is -3.65. The van der Waals surface area contributed by atoms with Crippen LogP contribution < -0.4 is 10.6 Å². The first kappa shape index (κ1) is 21.6. The van der Waals surface area contributed by atoms with Crippen LogP contribution in [0.5, 0.6) is 0 Å². The van der Waals surface area contributed by atoms with E-state index in [1.54, 1.807) is 22.7 Å². The summed E-state index contributed by atoms with van der Waals surface area (Å²) >= 11 is 1.27. The minimum atomic E-state index is -0.187. The van der Waals surface area contributed by atoms with Crippen molar-refractivity contribution in [2.24, 2.45) is 0 Å². The Labute approximate surface area is 190 Å². The highest BCUT2D eigenvalue weighted by Crippen LogP contribution is 2.20. The lowest BCUT2D eigenvalue weighted by atomic mass is 10.1. The normalized spacial score (nSPS) is 10.8. The molecule has 0 aliphatic carbocycles. The number of pyridine rings is 1. The number of amides is 2. The van der Waals surface area contributed by atoms with E-state index in [0.717, 1.165) is 22.4 Å². The molecular weight excluding hydrogens is 422 g/mol. The fourth-order valence-electron chi connectivity index (χ4n) is 3.25. The number of carbonyl (C=O) groups excluding carboxylic acids is 2. The molecule has 162 valence electrons. The lowest BCUT2D eigenvalue weighted by molar-refractivity contribution is -0.113. The van der Waals surface area contributed by atoms with E-state index < -0.39 is 0 Å². The number of nitrogens with one attached hydrogen (secondary N) is 2. The van der Waals surface area contributed by atoms with Gasteiger partial charge < -0.3 is 10.6 Å². The molecule has 2 amide bonds. The first-order valence-electron chi connectivity index (χ1n) is 10.2. The molecule has 2 aromatic heterocycles. The summed E-state index contributed by atoms with van der Waals surface area (Å²) in [5, 5.41) is 14.7. The number of rotatable bonds is 7. The minimum Gasteiger partial charge on any atom is -0.348 e. The Balaban J connectivity index is 1.41. The molecule has 0 spiro atoms. The number of benzene rings is 2. The lowest BCUT2D eigenvalue weighted by Crippen LogP contribution is -2.23. The largest absolute Gasteiger partial charge is 0.348 e. The fraction of sp³-hybridized carbons (Fsp3) is 0.167. The zero-order valence-corrected chi connectivity index (χ0v) is 18.6. The smallest absolute Gasteiger partial charge is 0.253 e. The third-order valence-corrected chi connectivity index (χ3v) is 5.86. The van der Waals surface area contributed by atoms with Crippen molar-refractivity contribution in [3.63, 3.8) is 0 Å². The second-order valence-electron chi connectivity index (χ2n) is 7.45. The number of nitrogens with zero attached hydrogens (tertiary/aromatic N) is 3. The van der Waals surface area contributed by atoms with Crippen LogP contribution in [0, 0.1) is 13.8 Å². The molecule has 0 fully saturated rings. The Kier molecular flexibility index (Phi) is 6.51. The summed E-state index contributed by atoms with van der Waals surface area (Å²) in [6, 6.07) is 19.1. The van der Waals surface area contributed by atoms with Gasteiger partial charge in [0.1, 0.15) is 0 Å². The van der Waals surface area contributed by atoms with Gasteiger partial charge >= 0.3 is 0 Å². The highest BCUT2D eigenvalue weighted by molar-refractivity contribution is 7.99. The van der Waals surface area contributed by atoms with E-state index in [-0.39, 0.29) is 17.6 Å². The van der Waals surface area contributed by atoms with Gasteiger partial charge in [0.25, 0.3) is 5.91 Å². The number of aromatic nitrogens is 3. The molecule has 8 heteroatoms. The predicted octanol–water partition coefficient (Wildman–Crippen LogP) is 4.01. The maximum atomic E-state index is 12.6. The van der Waals surface area contributed by atoms with Crippen LogP contribution in [-0.2, 0) is 11.3 Å². The highest BCUT2D eigenvalue weighted by Gasteiger charge is 2.13. The number of hydrogen-bond acceptors (Lipinski definition) is 5. The summed E-state index contributed by atoms with van der Waals surface area (Å²) in [4.78, 5) is 25.0. The molecule has 0 aliphatic heterocycles. The van der Waals surface area contributed by atoms with Crippen LogP contribution in [0.4, 0.5) is 5.69 Å². The van der Waals surface area contributed by atoms with E-state index in [2.05, 4.69) is 20.8 Å². The molecule has 2 N–H and O–H groups in total. The molecule has 2 aromatic carbocycles. The first-order chi connectivity index (χ1) is 15.5. The van der Waals surface area contributed by atoms with Crippen molar-refractivity contribution in [1.82, 2.24) is 19.9 Å². The zero-order chi connectivity index (χ0) is 22.5. The van der Waals surface area contributed by atoms with Crippen molar-refractivity contribution in [2.45, 2.75) is 25.5 Å². The van der Waals surface area contributed by atoms with Gasteiger partial charge in [-0.25, -0.2) is 0 Å².